The van der Waals surface area contributed by atoms with E-state index in [-0.39, 0.29) is 18.2 Å². The lowest BCUT2D eigenvalue weighted by atomic mass is 9.97. The molecule has 0 unspecified atom stereocenters. The van der Waals surface area contributed by atoms with Gasteiger partial charge < -0.3 is 19.5 Å². The number of carbonyl (C=O) groups excluding carboxylic acids is 1. The lowest BCUT2D eigenvalue weighted by Gasteiger charge is -2.11. The SMILES string of the molecule is COC(=O)c1c(C)c2c(-c3c(CSCc4cc(CCc5cc(O)c6ccc(F)cc6c5)n(C)n4)nn(C)c3C)c(Cl)ccc2n1CCCO. The van der Waals surface area contributed by atoms with E-state index in [2.05, 4.69) is 6.07 Å². The van der Waals surface area contributed by atoms with Gasteiger partial charge in [-0.3, -0.25) is 9.36 Å². The number of phenolic OH excluding ortho intramolecular Hbond substituents is 1. The Hall–Kier alpha value is -4.32. The summed E-state index contributed by atoms with van der Waals surface area (Å²) >= 11 is 8.66. The summed E-state index contributed by atoms with van der Waals surface area (Å²) < 4.78 is 24.6. The highest BCUT2D eigenvalue weighted by Gasteiger charge is 2.27. The summed E-state index contributed by atoms with van der Waals surface area (Å²) in [5.41, 5.74) is 8.59. The Bertz CT molecular complexity index is 2200. The Morgan fingerprint density at radius 1 is 1.00 bits per heavy atom. The van der Waals surface area contributed by atoms with Crippen molar-refractivity contribution in [3.8, 4) is 16.9 Å². The van der Waals surface area contributed by atoms with E-state index in [0.29, 0.717) is 58.8 Å². The summed E-state index contributed by atoms with van der Waals surface area (Å²) in [5.74, 6) is 0.654. The van der Waals surface area contributed by atoms with Gasteiger partial charge in [0, 0.05) is 82.6 Å². The molecule has 0 aliphatic rings. The van der Waals surface area contributed by atoms with E-state index in [9.17, 15) is 19.4 Å². The van der Waals surface area contributed by atoms with Crippen LogP contribution in [0.15, 0.2) is 48.5 Å². The molecule has 49 heavy (non-hydrogen) atoms. The number of aromatic nitrogens is 5. The van der Waals surface area contributed by atoms with Crippen LogP contribution in [-0.4, -0.2) is 54.0 Å². The third-order valence-electron chi connectivity index (χ3n) is 9.14. The molecule has 0 radical (unpaired) electrons. The Morgan fingerprint density at radius 2 is 1.80 bits per heavy atom. The molecule has 9 nitrogen and oxygen atoms in total. The van der Waals surface area contributed by atoms with E-state index in [4.69, 9.17) is 26.5 Å². The van der Waals surface area contributed by atoms with Gasteiger partial charge in [-0.15, -0.1) is 11.8 Å². The van der Waals surface area contributed by atoms with Gasteiger partial charge in [0.15, 0.2) is 0 Å². The zero-order chi connectivity index (χ0) is 35.0. The molecular weight excluding hydrogens is 665 g/mol. The van der Waals surface area contributed by atoms with Crippen molar-refractivity contribution in [1.29, 1.82) is 0 Å². The van der Waals surface area contributed by atoms with E-state index >= 15 is 0 Å². The molecular formula is C37H39ClFN5O4S. The first-order chi connectivity index (χ1) is 23.5. The molecule has 0 aliphatic carbocycles. The standard InChI is InChI=1S/C37H39ClFN5O4S/c1-21-33-31(44(13-6-14-45)36(21)37(47)48-5)12-11-29(38)35(33)34-22(2)42(3)41-30(34)20-49-19-26-18-27(43(4)40-26)9-7-23-15-24-17-25(39)8-10-28(24)32(46)16-23/h8,10-12,15-18,45-46H,6-7,9,13-14,19-20H2,1-5H3. The number of thioether (sulfide) groups is 1. The van der Waals surface area contributed by atoms with Crippen LogP contribution in [0.4, 0.5) is 4.39 Å². The summed E-state index contributed by atoms with van der Waals surface area (Å²) in [7, 11) is 5.21. The third kappa shape index (κ3) is 6.67. The molecule has 0 saturated carbocycles. The number of aliphatic hydroxyl groups is 1. The van der Waals surface area contributed by atoms with Crippen LogP contribution >= 0.6 is 23.4 Å². The zero-order valence-electron chi connectivity index (χ0n) is 28.2. The Labute approximate surface area is 293 Å². The van der Waals surface area contributed by atoms with E-state index in [1.807, 2.05) is 60.1 Å². The van der Waals surface area contributed by atoms with Gasteiger partial charge in [0.1, 0.15) is 17.3 Å². The summed E-state index contributed by atoms with van der Waals surface area (Å²) in [6, 6.07) is 13.9. The minimum atomic E-state index is -0.437. The van der Waals surface area contributed by atoms with Crippen LogP contribution < -0.4 is 0 Å². The average molecular weight is 704 g/mol. The molecule has 0 amide bonds. The second kappa shape index (κ2) is 14.3. The lowest BCUT2D eigenvalue weighted by molar-refractivity contribution is 0.0587. The molecule has 256 valence electrons. The number of hydrogen-bond donors (Lipinski definition) is 2. The fourth-order valence-corrected chi connectivity index (χ4v) is 7.81. The van der Waals surface area contributed by atoms with E-state index < -0.39 is 5.97 Å². The molecule has 0 fully saturated rings. The van der Waals surface area contributed by atoms with Crippen molar-refractivity contribution >= 4 is 51.0 Å². The fraction of sp³-hybridized carbons (Fsp3) is 0.324. The van der Waals surface area contributed by atoms with Gasteiger partial charge in [0.25, 0.3) is 0 Å². The fourth-order valence-electron chi connectivity index (χ4n) is 6.71. The highest BCUT2D eigenvalue weighted by Crippen LogP contribution is 2.43. The second-order valence-electron chi connectivity index (χ2n) is 12.3. The minimum absolute atomic E-state index is 0.00204. The molecule has 2 N–H and O–H groups in total. The Morgan fingerprint density at radius 3 is 2.55 bits per heavy atom. The number of halogens is 2. The van der Waals surface area contributed by atoms with Crippen LogP contribution in [0.25, 0.3) is 32.8 Å². The number of methoxy groups -OCH3 is 1. The van der Waals surface area contributed by atoms with Crippen molar-refractivity contribution in [2.45, 2.75) is 51.2 Å². The van der Waals surface area contributed by atoms with Crippen molar-refractivity contribution in [2.24, 2.45) is 14.1 Å². The smallest absolute Gasteiger partial charge is 0.354 e. The predicted octanol–water partition coefficient (Wildman–Crippen LogP) is 7.43. The maximum Gasteiger partial charge on any atom is 0.354 e. The molecule has 0 atom stereocenters. The van der Waals surface area contributed by atoms with Crippen LogP contribution in [0.5, 0.6) is 5.75 Å². The van der Waals surface area contributed by atoms with Crippen molar-refractivity contribution in [3.05, 3.63) is 99.0 Å². The van der Waals surface area contributed by atoms with Crippen LogP contribution in [0, 0.1) is 19.7 Å². The van der Waals surface area contributed by atoms with E-state index in [0.717, 1.165) is 55.9 Å². The first-order valence-electron chi connectivity index (χ1n) is 16.1. The molecule has 0 saturated heterocycles. The molecule has 0 bridgehead atoms. The van der Waals surface area contributed by atoms with Crippen LogP contribution in [0.2, 0.25) is 5.02 Å². The number of carbonyl (C=O) groups is 1. The van der Waals surface area contributed by atoms with Crippen molar-refractivity contribution < 1.29 is 24.1 Å². The third-order valence-corrected chi connectivity index (χ3v) is 10.4. The summed E-state index contributed by atoms with van der Waals surface area (Å²) in [6.45, 7) is 4.38. The number of aliphatic hydroxyl groups excluding tert-OH is 1. The number of rotatable bonds is 12. The van der Waals surface area contributed by atoms with Crippen molar-refractivity contribution in [2.75, 3.05) is 13.7 Å². The van der Waals surface area contributed by atoms with Gasteiger partial charge >= 0.3 is 5.97 Å². The first kappa shape index (κ1) is 34.5. The van der Waals surface area contributed by atoms with Gasteiger partial charge in [-0.2, -0.15) is 10.2 Å². The second-order valence-corrected chi connectivity index (χ2v) is 13.7. The molecule has 0 aliphatic heterocycles. The number of nitrogens with zero attached hydrogens (tertiary/aromatic N) is 5. The van der Waals surface area contributed by atoms with Gasteiger partial charge in [-0.25, -0.2) is 9.18 Å². The monoisotopic (exact) mass is 703 g/mol. The Balaban J connectivity index is 1.23. The highest BCUT2D eigenvalue weighted by molar-refractivity contribution is 7.97. The van der Waals surface area contributed by atoms with Crippen LogP contribution in [0.1, 0.15) is 50.8 Å². The summed E-state index contributed by atoms with van der Waals surface area (Å²) in [6.07, 6.45) is 1.88. The quantitative estimate of drug-likeness (QED) is 0.128. The maximum absolute atomic E-state index is 13.8. The number of benzene rings is 3. The molecule has 6 aromatic rings. The molecule has 3 aromatic carbocycles. The Kier molecular flexibility index (Phi) is 10.1. The number of hydrogen-bond acceptors (Lipinski definition) is 7. The van der Waals surface area contributed by atoms with Gasteiger partial charge in [-0.1, -0.05) is 17.7 Å². The van der Waals surface area contributed by atoms with Gasteiger partial charge in [-0.05, 0) is 92.1 Å². The number of aromatic hydroxyl groups is 1. The first-order valence-corrected chi connectivity index (χ1v) is 17.6. The van der Waals surface area contributed by atoms with E-state index in [1.54, 1.807) is 23.9 Å². The molecule has 3 aromatic heterocycles. The molecule has 0 spiro atoms. The van der Waals surface area contributed by atoms with Crippen LogP contribution in [0.3, 0.4) is 0 Å². The normalized spacial score (nSPS) is 11.7. The van der Waals surface area contributed by atoms with Crippen molar-refractivity contribution in [1.82, 2.24) is 24.1 Å². The topological polar surface area (TPSA) is 107 Å². The van der Waals surface area contributed by atoms with Crippen LogP contribution in [-0.2, 0) is 49.7 Å². The molecule has 3 heterocycles. The number of ether oxygens (including phenoxy) is 1. The molecule has 6 rings (SSSR count). The zero-order valence-corrected chi connectivity index (χ0v) is 29.8. The summed E-state index contributed by atoms with van der Waals surface area (Å²) in [5, 5.41) is 32.4. The maximum atomic E-state index is 13.8. The van der Waals surface area contributed by atoms with Crippen molar-refractivity contribution in [3.63, 3.8) is 0 Å². The lowest BCUT2D eigenvalue weighted by Crippen LogP contribution is -2.12. The van der Waals surface area contributed by atoms with Gasteiger partial charge in [0.05, 0.1) is 18.5 Å². The highest BCUT2D eigenvalue weighted by atomic mass is 35.5. The average Bonchev–Trinajstić information content (AvgIpc) is 3.67. The largest absolute Gasteiger partial charge is 0.507 e. The molecule has 12 heteroatoms. The summed E-state index contributed by atoms with van der Waals surface area (Å²) in [4.78, 5) is 13.0. The number of aryl methyl sites for hydroxylation is 6. The van der Waals surface area contributed by atoms with E-state index in [1.165, 1.54) is 19.2 Å². The number of fused-ring (bicyclic) bond motifs is 2. The minimum Gasteiger partial charge on any atom is -0.507 e. The predicted molar refractivity (Wildman–Crippen MR) is 193 cm³/mol. The number of phenols is 1. The van der Waals surface area contributed by atoms with Gasteiger partial charge in [0.2, 0.25) is 0 Å². The number of esters is 1.